The predicted molar refractivity (Wildman–Crippen MR) is 41.5 cm³/mol. The lowest BCUT2D eigenvalue weighted by Gasteiger charge is -2.22. The largest absolute Gasteiger partial charge is 0.366 e. The van der Waals surface area contributed by atoms with Crippen molar-refractivity contribution in [2.45, 2.75) is 45.8 Å². The first kappa shape index (κ1) is 9.92. The van der Waals surface area contributed by atoms with Crippen molar-refractivity contribution >= 4 is 0 Å². The van der Waals surface area contributed by atoms with Crippen molar-refractivity contribution in [3.63, 3.8) is 0 Å². The summed E-state index contributed by atoms with van der Waals surface area (Å²) in [5.41, 5.74) is 0. The fourth-order valence-electron chi connectivity index (χ4n) is 1.16. The number of hydrogen-bond donors (Lipinski definition) is 2. The van der Waals surface area contributed by atoms with Gasteiger partial charge in [0.05, 0.1) is 0 Å². The molecule has 0 aromatic heterocycles. The Morgan fingerprint density at radius 2 is 1.80 bits per heavy atom. The Labute approximate surface area is 62.9 Å². The first-order chi connectivity index (χ1) is 4.48. The lowest BCUT2D eigenvalue weighted by molar-refractivity contribution is -0.176. The summed E-state index contributed by atoms with van der Waals surface area (Å²) >= 11 is 0. The average molecular weight is 146 g/mol. The van der Waals surface area contributed by atoms with Crippen LogP contribution in [0.1, 0.15) is 40.0 Å². The van der Waals surface area contributed by atoms with Gasteiger partial charge in [-0.05, 0) is 5.92 Å². The van der Waals surface area contributed by atoms with Gasteiger partial charge in [-0.1, -0.05) is 27.2 Å². The molecule has 10 heavy (non-hydrogen) atoms. The minimum absolute atomic E-state index is 0.349. The first-order valence-electron chi connectivity index (χ1n) is 3.92. The van der Waals surface area contributed by atoms with Crippen LogP contribution in [0.4, 0.5) is 0 Å². The van der Waals surface area contributed by atoms with Crippen LogP contribution in [0.3, 0.4) is 0 Å². The Morgan fingerprint density at radius 3 is 2.10 bits per heavy atom. The lowest BCUT2D eigenvalue weighted by atomic mass is 9.99. The second-order valence-electron chi connectivity index (χ2n) is 3.33. The molecule has 62 valence electrons. The third-order valence-electron chi connectivity index (χ3n) is 1.39. The van der Waals surface area contributed by atoms with Crippen LogP contribution < -0.4 is 0 Å². The molecule has 0 unspecified atom stereocenters. The molecule has 0 aromatic carbocycles. The van der Waals surface area contributed by atoms with E-state index in [4.69, 9.17) is 0 Å². The molecule has 0 aromatic rings. The third kappa shape index (κ3) is 4.77. The summed E-state index contributed by atoms with van der Waals surface area (Å²) in [6.45, 7) is 5.91. The van der Waals surface area contributed by atoms with Gasteiger partial charge in [-0.2, -0.15) is 0 Å². The first-order valence-corrected chi connectivity index (χ1v) is 3.92. The normalized spacial score (nSPS) is 12.6. The highest BCUT2D eigenvalue weighted by Crippen LogP contribution is 2.18. The topological polar surface area (TPSA) is 40.5 Å². The van der Waals surface area contributed by atoms with E-state index < -0.39 is 5.79 Å². The van der Waals surface area contributed by atoms with Crippen molar-refractivity contribution in [1.29, 1.82) is 0 Å². The molecule has 0 radical (unpaired) electrons. The van der Waals surface area contributed by atoms with Crippen molar-refractivity contribution in [3.8, 4) is 0 Å². The molecule has 0 aliphatic carbocycles. The number of rotatable bonds is 4. The highest BCUT2D eigenvalue weighted by molar-refractivity contribution is 4.65. The fraction of sp³-hybridized carbons (Fsp3) is 1.00. The second-order valence-corrected chi connectivity index (χ2v) is 3.33. The number of hydrogen-bond acceptors (Lipinski definition) is 2. The Hall–Kier alpha value is -0.0800. The average Bonchev–Trinajstić information content (AvgIpc) is 1.59. The maximum atomic E-state index is 9.24. The Kier molecular flexibility index (Phi) is 3.91. The molecule has 0 spiro atoms. The zero-order valence-corrected chi connectivity index (χ0v) is 7.09. The minimum Gasteiger partial charge on any atom is -0.366 e. The Morgan fingerprint density at radius 1 is 1.30 bits per heavy atom. The van der Waals surface area contributed by atoms with Gasteiger partial charge >= 0.3 is 0 Å². The molecule has 0 amide bonds. The SMILES string of the molecule is CCCC(O)(O)CC(C)C. The van der Waals surface area contributed by atoms with Gasteiger partial charge in [0.2, 0.25) is 0 Å². The van der Waals surface area contributed by atoms with Crippen LogP contribution in [0.5, 0.6) is 0 Å². The molecule has 0 saturated heterocycles. The standard InChI is InChI=1S/C8H18O2/c1-4-5-8(9,10)6-7(2)3/h7,9-10H,4-6H2,1-3H3. The van der Waals surface area contributed by atoms with Crippen LogP contribution in [0.25, 0.3) is 0 Å². The maximum absolute atomic E-state index is 9.24. The number of aliphatic hydroxyl groups is 2. The molecule has 0 aliphatic rings. The van der Waals surface area contributed by atoms with Gasteiger partial charge in [-0.3, -0.25) is 0 Å². The van der Waals surface area contributed by atoms with Crippen molar-refractivity contribution in [2.24, 2.45) is 5.92 Å². The lowest BCUT2D eigenvalue weighted by Crippen LogP contribution is -2.29. The van der Waals surface area contributed by atoms with Crippen molar-refractivity contribution in [1.82, 2.24) is 0 Å². The van der Waals surface area contributed by atoms with Gasteiger partial charge in [0.15, 0.2) is 5.79 Å². The fourth-order valence-corrected chi connectivity index (χ4v) is 1.16. The third-order valence-corrected chi connectivity index (χ3v) is 1.39. The van der Waals surface area contributed by atoms with Crippen LogP contribution >= 0.6 is 0 Å². The minimum atomic E-state index is -1.43. The van der Waals surface area contributed by atoms with E-state index in [-0.39, 0.29) is 0 Å². The van der Waals surface area contributed by atoms with E-state index in [0.717, 1.165) is 6.42 Å². The van der Waals surface area contributed by atoms with E-state index in [9.17, 15) is 10.2 Å². The Balaban J connectivity index is 3.63. The van der Waals surface area contributed by atoms with Crippen molar-refractivity contribution in [3.05, 3.63) is 0 Å². The monoisotopic (exact) mass is 146 g/mol. The summed E-state index contributed by atoms with van der Waals surface area (Å²) in [7, 11) is 0. The smallest absolute Gasteiger partial charge is 0.162 e. The summed E-state index contributed by atoms with van der Waals surface area (Å²) < 4.78 is 0. The predicted octanol–water partition coefficient (Wildman–Crippen LogP) is 1.51. The molecule has 2 heteroatoms. The molecular formula is C8H18O2. The summed E-state index contributed by atoms with van der Waals surface area (Å²) in [6, 6.07) is 0. The van der Waals surface area contributed by atoms with Gasteiger partial charge in [0, 0.05) is 12.8 Å². The van der Waals surface area contributed by atoms with E-state index in [1.165, 1.54) is 0 Å². The molecule has 0 bridgehead atoms. The maximum Gasteiger partial charge on any atom is 0.162 e. The summed E-state index contributed by atoms with van der Waals surface area (Å²) in [6.07, 6.45) is 1.77. The molecule has 0 atom stereocenters. The summed E-state index contributed by atoms with van der Waals surface area (Å²) in [5, 5.41) is 18.5. The quantitative estimate of drug-likeness (QED) is 0.590. The van der Waals surface area contributed by atoms with Gasteiger partial charge < -0.3 is 10.2 Å². The Bertz CT molecular complexity index is 87.3. The van der Waals surface area contributed by atoms with Gasteiger partial charge in [-0.25, -0.2) is 0 Å². The highest BCUT2D eigenvalue weighted by atomic mass is 16.5. The van der Waals surface area contributed by atoms with Crippen LogP contribution in [0.15, 0.2) is 0 Å². The molecule has 0 aliphatic heterocycles. The summed E-state index contributed by atoms with van der Waals surface area (Å²) in [5.74, 6) is -1.08. The van der Waals surface area contributed by atoms with Gasteiger partial charge in [0.25, 0.3) is 0 Å². The van der Waals surface area contributed by atoms with Crippen molar-refractivity contribution < 1.29 is 10.2 Å². The molecule has 0 heterocycles. The zero-order chi connectivity index (χ0) is 8.20. The molecule has 0 saturated carbocycles. The van der Waals surface area contributed by atoms with E-state index in [1.54, 1.807) is 0 Å². The second kappa shape index (κ2) is 3.94. The molecule has 0 fully saturated rings. The van der Waals surface area contributed by atoms with E-state index >= 15 is 0 Å². The molecular weight excluding hydrogens is 128 g/mol. The van der Waals surface area contributed by atoms with Gasteiger partial charge in [-0.15, -0.1) is 0 Å². The summed E-state index contributed by atoms with van der Waals surface area (Å²) in [4.78, 5) is 0. The van der Waals surface area contributed by atoms with Crippen LogP contribution in [0, 0.1) is 5.92 Å². The molecule has 0 rings (SSSR count). The van der Waals surface area contributed by atoms with Crippen LogP contribution in [-0.2, 0) is 0 Å². The molecule has 2 N–H and O–H groups in total. The zero-order valence-electron chi connectivity index (χ0n) is 7.09. The van der Waals surface area contributed by atoms with Crippen LogP contribution in [-0.4, -0.2) is 16.0 Å². The van der Waals surface area contributed by atoms with Crippen molar-refractivity contribution in [2.75, 3.05) is 0 Å². The van der Waals surface area contributed by atoms with Crippen LogP contribution in [0.2, 0.25) is 0 Å². The van der Waals surface area contributed by atoms with E-state index in [0.29, 0.717) is 18.8 Å². The van der Waals surface area contributed by atoms with E-state index in [2.05, 4.69) is 0 Å². The molecule has 2 nitrogen and oxygen atoms in total. The highest BCUT2D eigenvalue weighted by Gasteiger charge is 2.22. The van der Waals surface area contributed by atoms with Gasteiger partial charge in [0.1, 0.15) is 0 Å². The van der Waals surface area contributed by atoms with E-state index in [1.807, 2.05) is 20.8 Å².